The normalized spacial score (nSPS) is 23.4. The predicted octanol–water partition coefficient (Wildman–Crippen LogP) is 13.8. The molecule has 2 aliphatic carbocycles. The van der Waals surface area contributed by atoms with Gasteiger partial charge in [-0.1, -0.05) is 156 Å². The monoisotopic (exact) mass is 687 g/mol. The van der Waals surface area contributed by atoms with E-state index in [0.717, 1.165) is 24.0 Å². The van der Waals surface area contributed by atoms with Gasteiger partial charge >= 0.3 is 5.97 Å². The molecule has 2 aliphatic rings. The number of hydrogen-bond donors (Lipinski definition) is 1. The number of benzene rings is 2. The van der Waals surface area contributed by atoms with Gasteiger partial charge in [0.25, 0.3) is 0 Å². The fraction of sp³-hybridized carbons (Fsp3) is 0.490. The molecule has 0 aliphatic heterocycles. The topological polar surface area (TPSA) is 37.3 Å². The molecule has 0 radical (unpaired) electrons. The molecule has 0 saturated heterocycles. The molecule has 0 fully saturated rings. The lowest BCUT2D eigenvalue weighted by molar-refractivity contribution is -0.131. The van der Waals surface area contributed by atoms with E-state index in [0.29, 0.717) is 5.92 Å². The van der Waals surface area contributed by atoms with Gasteiger partial charge in [-0.25, -0.2) is 4.79 Å². The molecule has 0 saturated carbocycles. The lowest BCUT2D eigenvalue weighted by Crippen LogP contribution is -2.47. The number of carbonyl (C=O) groups is 1. The molecule has 1 N–H and O–H groups in total. The molecule has 0 spiro atoms. The molecule has 51 heavy (non-hydrogen) atoms. The maximum atomic E-state index is 11.0. The molecule has 3 unspecified atom stereocenters. The highest BCUT2D eigenvalue weighted by molar-refractivity contribution is 5.81. The summed E-state index contributed by atoms with van der Waals surface area (Å²) in [5.41, 5.74) is 13.7. The SMILES string of the molecule is CCCCCCc1cc2c(cc1/C=C/c1ccc(C)cc1)C(C)(C)CCC2(C)C(C)C1(C)CCCC(C)=C1/C=C/C(C)=C/C=C/C(C)=C/C(=O)O. The first kappa shape index (κ1) is 40.1. The zero-order chi connectivity index (χ0) is 37.4. The van der Waals surface area contributed by atoms with Crippen LogP contribution in [0.3, 0.4) is 0 Å². The van der Waals surface area contributed by atoms with Gasteiger partial charge in [0.15, 0.2) is 0 Å². The van der Waals surface area contributed by atoms with Crippen LogP contribution in [0.25, 0.3) is 12.2 Å². The molecule has 2 heteroatoms. The van der Waals surface area contributed by atoms with Gasteiger partial charge in [0.2, 0.25) is 0 Å². The molecule has 2 nitrogen and oxygen atoms in total. The average molecular weight is 687 g/mol. The summed E-state index contributed by atoms with van der Waals surface area (Å²) < 4.78 is 0. The van der Waals surface area contributed by atoms with Crippen LogP contribution in [0.4, 0.5) is 0 Å². The van der Waals surface area contributed by atoms with Gasteiger partial charge in [-0.3, -0.25) is 0 Å². The van der Waals surface area contributed by atoms with Crippen LogP contribution >= 0.6 is 0 Å². The van der Waals surface area contributed by atoms with Crippen molar-refractivity contribution in [2.75, 3.05) is 0 Å². The van der Waals surface area contributed by atoms with E-state index in [9.17, 15) is 4.79 Å². The molecule has 0 aromatic heterocycles. The van der Waals surface area contributed by atoms with Crippen molar-refractivity contribution in [2.45, 2.75) is 144 Å². The lowest BCUT2D eigenvalue weighted by atomic mass is 9.50. The van der Waals surface area contributed by atoms with E-state index < -0.39 is 5.97 Å². The molecule has 0 heterocycles. The second-order valence-electron chi connectivity index (χ2n) is 17.0. The van der Waals surface area contributed by atoms with Gasteiger partial charge in [-0.15, -0.1) is 0 Å². The molecule has 0 bridgehead atoms. The van der Waals surface area contributed by atoms with Gasteiger partial charge in [-0.05, 0) is 134 Å². The number of aliphatic carboxylic acids is 1. The van der Waals surface area contributed by atoms with E-state index in [1.54, 1.807) is 11.1 Å². The summed E-state index contributed by atoms with van der Waals surface area (Å²) >= 11 is 0. The Balaban J connectivity index is 1.76. The van der Waals surface area contributed by atoms with E-state index in [1.807, 2.05) is 19.1 Å². The Morgan fingerprint density at radius 3 is 2.25 bits per heavy atom. The second kappa shape index (κ2) is 17.2. The standard InChI is InChI=1S/C49H66O2/c1-11-12-13-14-20-41-34-45-44(33-42(41)27-26-40-24-21-36(3)22-25-40)47(7,8)30-31-49(45,10)39(6)48(9)29-16-19-38(5)43(48)28-23-35(2)17-15-18-37(4)32-46(50)51/h15,17-18,21-28,32-34,39H,11-14,16,19-20,29-31H2,1-10H3,(H,50,51)/b18-15+,27-26+,28-23+,35-17+,37-32+. The zero-order valence-electron chi connectivity index (χ0n) is 33.6. The number of fused-ring (bicyclic) bond motifs is 1. The number of carboxylic acids is 1. The Morgan fingerprint density at radius 1 is 0.843 bits per heavy atom. The molecule has 2 aromatic carbocycles. The Labute approximate surface area is 311 Å². The smallest absolute Gasteiger partial charge is 0.328 e. The van der Waals surface area contributed by atoms with Crippen molar-refractivity contribution in [1.82, 2.24) is 0 Å². The van der Waals surface area contributed by atoms with E-state index in [-0.39, 0.29) is 16.2 Å². The predicted molar refractivity (Wildman–Crippen MR) is 221 cm³/mol. The molecule has 2 aromatic rings. The first-order valence-electron chi connectivity index (χ1n) is 19.7. The molecule has 3 atom stereocenters. The summed E-state index contributed by atoms with van der Waals surface area (Å²) in [6.07, 6.45) is 28.6. The van der Waals surface area contributed by atoms with Crippen LogP contribution in [-0.2, 0) is 22.0 Å². The zero-order valence-corrected chi connectivity index (χ0v) is 33.6. The quantitative estimate of drug-likeness (QED) is 0.0929. The Morgan fingerprint density at radius 2 is 1.57 bits per heavy atom. The van der Waals surface area contributed by atoms with Gasteiger partial charge < -0.3 is 5.11 Å². The van der Waals surface area contributed by atoms with Crippen molar-refractivity contribution < 1.29 is 9.90 Å². The number of hydrogen-bond acceptors (Lipinski definition) is 1. The van der Waals surface area contributed by atoms with Crippen molar-refractivity contribution >= 4 is 18.1 Å². The van der Waals surface area contributed by atoms with E-state index >= 15 is 0 Å². The van der Waals surface area contributed by atoms with Crippen LogP contribution in [0.2, 0.25) is 0 Å². The fourth-order valence-electron chi connectivity index (χ4n) is 8.79. The minimum absolute atomic E-state index is 0.0502. The van der Waals surface area contributed by atoms with Crippen LogP contribution in [0.15, 0.2) is 95.1 Å². The number of unbranched alkanes of at least 4 members (excludes halogenated alkanes) is 3. The maximum absolute atomic E-state index is 11.0. The first-order chi connectivity index (χ1) is 24.1. The molecule has 0 amide bonds. The number of allylic oxidation sites excluding steroid dienone is 9. The summed E-state index contributed by atoms with van der Waals surface area (Å²) in [7, 11) is 0. The van der Waals surface area contributed by atoms with Crippen molar-refractivity contribution in [2.24, 2.45) is 11.3 Å². The highest BCUT2D eigenvalue weighted by Crippen LogP contribution is 2.58. The van der Waals surface area contributed by atoms with Gasteiger partial charge in [-0.2, -0.15) is 0 Å². The summed E-state index contributed by atoms with van der Waals surface area (Å²) in [5.74, 6) is -0.466. The number of carboxylic acid groups (broad SMARTS) is 1. The third-order valence-electron chi connectivity index (χ3n) is 12.5. The van der Waals surface area contributed by atoms with E-state index in [2.05, 4.69) is 129 Å². The molecule has 4 rings (SSSR count). The Bertz CT molecular complexity index is 1720. The summed E-state index contributed by atoms with van der Waals surface area (Å²) in [6.45, 7) is 23.4. The lowest BCUT2D eigenvalue weighted by Gasteiger charge is -2.54. The highest BCUT2D eigenvalue weighted by Gasteiger charge is 2.50. The summed E-state index contributed by atoms with van der Waals surface area (Å²) in [6, 6.07) is 14.1. The molecule has 274 valence electrons. The third kappa shape index (κ3) is 9.82. The van der Waals surface area contributed by atoms with Crippen molar-refractivity contribution in [3.63, 3.8) is 0 Å². The van der Waals surface area contributed by atoms with E-state index in [4.69, 9.17) is 5.11 Å². The van der Waals surface area contributed by atoms with Crippen LogP contribution in [0.1, 0.15) is 153 Å². The molecular formula is C49H66O2. The summed E-state index contributed by atoms with van der Waals surface area (Å²) in [5, 5.41) is 9.03. The van der Waals surface area contributed by atoms with E-state index in [1.165, 1.54) is 90.8 Å². The first-order valence-corrected chi connectivity index (χ1v) is 19.7. The average Bonchev–Trinajstić information content (AvgIpc) is 3.07. The fourth-order valence-corrected chi connectivity index (χ4v) is 8.79. The van der Waals surface area contributed by atoms with Crippen LogP contribution < -0.4 is 0 Å². The van der Waals surface area contributed by atoms with Crippen molar-refractivity contribution in [3.05, 3.63) is 129 Å². The minimum atomic E-state index is -0.915. The second-order valence-corrected chi connectivity index (χ2v) is 17.0. The highest BCUT2D eigenvalue weighted by atomic mass is 16.4. The van der Waals surface area contributed by atoms with Gasteiger partial charge in [0, 0.05) is 6.08 Å². The van der Waals surface area contributed by atoms with Gasteiger partial charge in [0.05, 0.1) is 0 Å². The largest absolute Gasteiger partial charge is 0.478 e. The van der Waals surface area contributed by atoms with Crippen LogP contribution in [-0.4, -0.2) is 11.1 Å². The van der Waals surface area contributed by atoms with Crippen LogP contribution in [0.5, 0.6) is 0 Å². The Kier molecular flexibility index (Phi) is 13.6. The maximum Gasteiger partial charge on any atom is 0.328 e. The number of rotatable bonds is 14. The molecular weight excluding hydrogens is 621 g/mol. The van der Waals surface area contributed by atoms with Gasteiger partial charge in [0.1, 0.15) is 0 Å². The van der Waals surface area contributed by atoms with Crippen molar-refractivity contribution in [3.8, 4) is 0 Å². The minimum Gasteiger partial charge on any atom is -0.478 e. The Hall–Kier alpha value is -3.65. The summed E-state index contributed by atoms with van der Waals surface area (Å²) in [4.78, 5) is 11.0. The van der Waals surface area contributed by atoms with Crippen LogP contribution in [0, 0.1) is 18.3 Å². The third-order valence-corrected chi connectivity index (χ3v) is 12.5. The van der Waals surface area contributed by atoms with Crippen molar-refractivity contribution in [1.29, 1.82) is 0 Å². The number of aryl methyl sites for hydroxylation is 2.